The number of benzene rings is 1. The monoisotopic (exact) mass is 252 g/mol. The normalized spacial score (nSPS) is 25.1. The Hall–Kier alpha value is -1.46. The second-order valence-electron chi connectivity index (χ2n) is 4.49. The van der Waals surface area contributed by atoms with E-state index in [-0.39, 0.29) is 24.2 Å². The topological polar surface area (TPSA) is 52.6 Å². The zero-order valence-electron chi connectivity index (χ0n) is 10.3. The predicted octanol–water partition coefficient (Wildman–Crippen LogP) is 0.901. The summed E-state index contributed by atoms with van der Waals surface area (Å²) in [6, 6.07) is 5.46. The smallest absolute Gasteiger partial charge is 0.246 e. The van der Waals surface area contributed by atoms with E-state index in [0.29, 0.717) is 6.54 Å². The number of nitrogens with one attached hydrogen (secondary N) is 1. The van der Waals surface area contributed by atoms with E-state index in [1.165, 1.54) is 11.0 Å². The molecule has 2 N–H and O–H groups in total. The van der Waals surface area contributed by atoms with E-state index in [2.05, 4.69) is 5.32 Å². The summed E-state index contributed by atoms with van der Waals surface area (Å²) in [4.78, 5) is 13.7. The molecule has 5 heteroatoms. The molecule has 1 amide bonds. The largest absolute Gasteiger partial charge is 0.394 e. The number of carbonyl (C=O) groups is 1. The minimum Gasteiger partial charge on any atom is -0.394 e. The van der Waals surface area contributed by atoms with Gasteiger partial charge in [0.05, 0.1) is 12.3 Å². The molecule has 0 bridgehead atoms. The molecule has 0 aromatic heterocycles. The van der Waals surface area contributed by atoms with E-state index in [9.17, 15) is 14.3 Å². The van der Waals surface area contributed by atoms with Crippen LogP contribution in [0.15, 0.2) is 24.3 Å². The summed E-state index contributed by atoms with van der Waals surface area (Å²) in [6.45, 7) is 2.23. The fourth-order valence-corrected chi connectivity index (χ4v) is 2.21. The summed E-state index contributed by atoms with van der Waals surface area (Å²) in [6.07, 6.45) is 0.719. The van der Waals surface area contributed by atoms with Gasteiger partial charge in [0.25, 0.3) is 0 Å². The summed E-state index contributed by atoms with van der Waals surface area (Å²) in [5.41, 5.74) is 0.275. The number of carbonyl (C=O) groups excluding carboxylic acids is 1. The third kappa shape index (κ3) is 2.37. The van der Waals surface area contributed by atoms with Gasteiger partial charge in [-0.1, -0.05) is 12.1 Å². The molecule has 1 aliphatic heterocycles. The number of nitrogens with zero attached hydrogens (tertiary/aromatic N) is 1. The van der Waals surface area contributed by atoms with Crippen LogP contribution in [0.2, 0.25) is 0 Å². The molecule has 0 spiro atoms. The highest BCUT2D eigenvalue weighted by Crippen LogP contribution is 2.24. The summed E-state index contributed by atoms with van der Waals surface area (Å²) < 4.78 is 13.8. The lowest BCUT2D eigenvalue weighted by molar-refractivity contribution is -0.121. The molecule has 1 aromatic rings. The van der Waals surface area contributed by atoms with Gasteiger partial charge < -0.3 is 15.3 Å². The molecule has 2 atom stereocenters. The molecule has 1 heterocycles. The molecule has 98 valence electrons. The highest BCUT2D eigenvalue weighted by atomic mass is 19.1. The van der Waals surface area contributed by atoms with Gasteiger partial charge in [-0.15, -0.1) is 0 Å². The van der Waals surface area contributed by atoms with E-state index in [1.807, 2.05) is 6.92 Å². The first-order valence-corrected chi connectivity index (χ1v) is 6.07. The number of para-hydroxylation sites is 1. The van der Waals surface area contributed by atoms with Crippen LogP contribution in [0.1, 0.15) is 13.3 Å². The predicted molar refractivity (Wildman–Crippen MR) is 66.8 cm³/mol. The first-order valence-electron chi connectivity index (χ1n) is 6.07. The van der Waals surface area contributed by atoms with Crippen molar-refractivity contribution in [2.45, 2.75) is 25.4 Å². The van der Waals surface area contributed by atoms with Crippen LogP contribution in [0, 0.1) is 5.82 Å². The van der Waals surface area contributed by atoms with Gasteiger partial charge in [0.15, 0.2) is 0 Å². The Morgan fingerprint density at radius 2 is 2.22 bits per heavy atom. The molecule has 2 unspecified atom stereocenters. The van der Waals surface area contributed by atoms with Gasteiger partial charge in [-0.3, -0.25) is 4.79 Å². The summed E-state index contributed by atoms with van der Waals surface area (Å²) in [5.74, 6) is -0.705. The Labute approximate surface area is 105 Å². The van der Waals surface area contributed by atoms with Crippen molar-refractivity contribution in [3.8, 4) is 0 Å². The third-order valence-corrected chi connectivity index (χ3v) is 3.22. The number of halogens is 1. The SMILES string of the molecule is CC1CCNC(CO)C(=O)N1c1ccccc1F. The Bertz CT molecular complexity index is 439. The second-order valence-corrected chi connectivity index (χ2v) is 4.49. The van der Waals surface area contributed by atoms with E-state index < -0.39 is 11.9 Å². The van der Waals surface area contributed by atoms with Crippen LogP contribution in [-0.4, -0.2) is 36.2 Å². The minimum atomic E-state index is -0.658. The van der Waals surface area contributed by atoms with Crippen molar-refractivity contribution in [1.29, 1.82) is 0 Å². The number of anilines is 1. The van der Waals surface area contributed by atoms with Crippen LogP contribution < -0.4 is 10.2 Å². The van der Waals surface area contributed by atoms with Crippen LogP contribution in [0.3, 0.4) is 0 Å². The zero-order valence-corrected chi connectivity index (χ0v) is 10.3. The fourth-order valence-electron chi connectivity index (χ4n) is 2.21. The van der Waals surface area contributed by atoms with Crippen molar-refractivity contribution in [3.05, 3.63) is 30.1 Å². The average molecular weight is 252 g/mol. The van der Waals surface area contributed by atoms with Gasteiger partial charge >= 0.3 is 0 Å². The average Bonchev–Trinajstić information content (AvgIpc) is 2.50. The second kappa shape index (κ2) is 5.46. The minimum absolute atomic E-state index is 0.0987. The third-order valence-electron chi connectivity index (χ3n) is 3.22. The van der Waals surface area contributed by atoms with Crippen LogP contribution in [-0.2, 0) is 4.79 Å². The number of aliphatic hydroxyl groups is 1. The van der Waals surface area contributed by atoms with E-state index in [4.69, 9.17) is 0 Å². The van der Waals surface area contributed by atoms with Crippen molar-refractivity contribution in [2.75, 3.05) is 18.1 Å². The highest BCUT2D eigenvalue weighted by Gasteiger charge is 2.32. The number of hydrogen-bond acceptors (Lipinski definition) is 3. The maximum atomic E-state index is 13.8. The van der Waals surface area contributed by atoms with Crippen LogP contribution in [0.25, 0.3) is 0 Å². The Morgan fingerprint density at radius 3 is 2.89 bits per heavy atom. The lowest BCUT2D eigenvalue weighted by Crippen LogP contribution is -2.48. The van der Waals surface area contributed by atoms with Crippen LogP contribution in [0.4, 0.5) is 10.1 Å². The molecule has 4 nitrogen and oxygen atoms in total. The van der Waals surface area contributed by atoms with Gasteiger partial charge in [-0.2, -0.15) is 0 Å². The van der Waals surface area contributed by atoms with E-state index >= 15 is 0 Å². The van der Waals surface area contributed by atoms with Crippen molar-refractivity contribution >= 4 is 11.6 Å². The molecule has 0 radical (unpaired) electrons. The summed E-state index contributed by atoms with van der Waals surface area (Å²) in [5, 5.41) is 12.2. The molecular weight excluding hydrogens is 235 g/mol. The lowest BCUT2D eigenvalue weighted by atomic mass is 10.1. The highest BCUT2D eigenvalue weighted by molar-refractivity contribution is 5.98. The van der Waals surface area contributed by atoms with Crippen LogP contribution in [0.5, 0.6) is 0 Å². The number of aliphatic hydroxyl groups excluding tert-OH is 1. The Morgan fingerprint density at radius 1 is 1.50 bits per heavy atom. The lowest BCUT2D eigenvalue weighted by Gasteiger charge is -2.29. The standard InChI is InChI=1S/C13H17FN2O2/c1-9-6-7-15-11(8-17)13(18)16(9)12-5-3-2-4-10(12)14/h2-5,9,11,15,17H,6-8H2,1H3. The molecule has 1 fully saturated rings. The molecule has 1 aliphatic rings. The summed E-state index contributed by atoms with van der Waals surface area (Å²) in [7, 11) is 0. The molecule has 1 aromatic carbocycles. The molecule has 1 saturated heterocycles. The quantitative estimate of drug-likeness (QED) is 0.822. The molecule has 2 rings (SSSR count). The number of hydrogen-bond donors (Lipinski definition) is 2. The first-order chi connectivity index (χ1) is 8.65. The van der Waals surface area contributed by atoms with Crippen LogP contribution >= 0.6 is 0 Å². The van der Waals surface area contributed by atoms with Gasteiger partial charge in [0.2, 0.25) is 5.91 Å². The maximum Gasteiger partial charge on any atom is 0.246 e. The van der Waals surface area contributed by atoms with Crippen molar-refractivity contribution in [2.24, 2.45) is 0 Å². The number of amides is 1. The molecule has 0 saturated carbocycles. The Kier molecular flexibility index (Phi) is 3.93. The van der Waals surface area contributed by atoms with Gasteiger partial charge in [0, 0.05) is 6.04 Å². The molecular formula is C13H17FN2O2. The van der Waals surface area contributed by atoms with Crippen molar-refractivity contribution in [3.63, 3.8) is 0 Å². The van der Waals surface area contributed by atoms with E-state index in [1.54, 1.807) is 18.2 Å². The van der Waals surface area contributed by atoms with Crippen molar-refractivity contribution in [1.82, 2.24) is 5.32 Å². The van der Waals surface area contributed by atoms with Gasteiger partial charge in [0.1, 0.15) is 11.9 Å². The van der Waals surface area contributed by atoms with Gasteiger partial charge in [-0.05, 0) is 32.0 Å². The Balaban J connectivity index is 2.38. The van der Waals surface area contributed by atoms with Crippen molar-refractivity contribution < 1.29 is 14.3 Å². The van der Waals surface area contributed by atoms with Gasteiger partial charge in [-0.25, -0.2) is 4.39 Å². The zero-order chi connectivity index (χ0) is 13.1. The maximum absolute atomic E-state index is 13.8. The summed E-state index contributed by atoms with van der Waals surface area (Å²) >= 11 is 0. The first kappa shape index (κ1) is 13.0. The molecule has 18 heavy (non-hydrogen) atoms. The molecule has 0 aliphatic carbocycles. The fraction of sp³-hybridized carbons (Fsp3) is 0.462. The number of rotatable bonds is 2. The van der Waals surface area contributed by atoms with E-state index in [0.717, 1.165) is 6.42 Å².